The molecule has 0 radical (unpaired) electrons. The Morgan fingerprint density at radius 3 is 2.53 bits per heavy atom. The van der Waals surface area contributed by atoms with E-state index < -0.39 is 4.92 Å². The molecule has 0 spiro atoms. The average Bonchev–Trinajstić information content (AvgIpc) is 2.83. The number of methoxy groups -OCH3 is 1. The van der Waals surface area contributed by atoms with E-state index in [1.54, 1.807) is 49.8 Å². The molecule has 0 fully saturated rings. The van der Waals surface area contributed by atoms with Crippen LogP contribution in [0.5, 0.6) is 5.75 Å². The number of ether oxygens (including phenoxy) is 1. The minimum atomic E-state index is -0.456. The Bertz CT molecular complexity index is 1340. The molecule has 4 rings (SSSR count). The van der Waals surface area contributed by atoms with E-state index >= 15 is 0 Å². The van der Waals surface area contributed by atoms with Crippen LogP contribution in [0.15, 0.2) is 89.2 Å². The number of nitro benzene ring substituents is 1. The van der Waals surface area contributed by atoms with Gasteiger partial charge in [0.15, 0.2) is 10.9 Å². The topological polar surface area (TPSA) is 95.2 Å². The first-order chi connectivity index (χ1) is 15.5. The molecule has 0 aliphatic rings. The van der Waals surface area contributed by atoms with Gasteiger partial charge in [-0.1, -0.05) is 30.3 Å². The summed E-state index contributed by atoms with van der Waals surface area (Å²) in [6.07, 6.45) is 6.14. The van der Waals surface area contributed by atoms with Gasteiger partial charge in [-0.3, -0.25) is 14.9 Å². The molecular formula is C24H17N3O4S. The van der Waals surface area contributed by atoms with Crippen LogP contribution in [0.25, 0.3) is 16.8 Å². The number of hydrogen-bond donors (Lipinski definition) is 0. The predicted octanol–water partition coefficient (Wildman–Crippen LogP) is 5.59. The average molecular weight is 443 g/mol. The number of ketones is 1. The first kappa shape index (κ1) is 21.2. The molecule has 1 aromatic heterocycles. The van der Waals surface area contributed by atoms with Crippen LogP contribution >= 0.6 is 11.8 Å². The summed E-state index contributed by atoms with van der Waals surface area (Å²) < 4.78 is 5.22. The van der Waals surface area contributed by atoms with Gasteiger partial charge in [0.2, 0.25) is 0 Å². The maximum absolute atomic E-state index is 12.6. The maximum Gasteiger partial charge on any atom is 0.283 e. The molecule has 3 aromatic carbocycles. The van der Waals surface area contributed by atoms with Crippen LogP contribution in [-0.4, -0.2) is 27.8 Å². The highest BCUT2D eigenvalue weighted by atomic mass is 32.2. The third-order valence-corrected chi connectivity index (χ3v) is 5.64. The summed E-state index contributed by atoms with van der Waals surface area (Å²) in [6, 6.07) is 17.5. The zero-order chi connectivity index (χ0) is 22.5. The summed E-state index contributed by atoms with van der Waals surface area (Å²) in [4.78, 5) is 32.3. The van der Waals surface area contributed by atoms with Gasteiger partial charge in [0, 0.05) is 24.0 Å². The second kappa shape index (κ2) is 9.40. The van der Waals surface area contributed by atoms with E-state index in [0.29, 0.717) is 21.2 Å². The normalized spacial score (nSPS) is 11.0. The Labute approximate surface area is 187 Å². The van der Waals surface area contributed by atoms with Crippen LogP contribution < -0.4 is 4.74 Å². The largest absolute Gasteiger partial charge is 0.497 e. The first-order valence-corrected chi connectivity index (χ1v) is 10.4. The zero-order valence-electron chi connectivity index (χ0n) is 17.0. The van der Waals surface area contributed by atoms with E-state index in [1.807, 2.05) is 30.3 Å². The van der Waals surface area contributed by atoms with Crippen LogP contribution in [0.2, 0.25) is 0 Å². The van der Waals surface area contributed by atoms with Gasteiger partial charge in [-0.2, -0.15) is 0 Å². The quantitative estimate of drug-likeness (QED) is 0.121. The van der Waals surface area contributed by atoms with Crippen molar-refractivity contribution in [1.82, 2.24) is 9.97 Å². The van der Waals surface area contributed by atoms with Crippen LogP contribution in [0.3, 0.4) is 0 Å². The molecule has 0 bridgehead atoms. The Morgan fingerprint density at radius 1 is 1.03 bits per heavy atom. The summed E-state index contributed by atoms with van der Waals surface area (Å²) in [5, 5.41) is 13.9. The van der Waals surface area contributed by atoms with Gasteiger partial charge < -0.3 is 4.74 Å². The smallest absolute Gasteiger partial charge is 0.283 e. The molecule has 0 amide bonds. The van der Waals surface area contributed by atoms with Crippen LogP contribution in [0.4, 0.5) is 5.69 Å². The molecule has 8 heteroatoms. The lowest BCUT2D eigenvalue weighted by atomic mass is 10.0. The van der Waals surface area contributed by atoms with Gasteiger partial charge in [-0.05, 0) is 64.5 Å². The number of carbonyl (C=O) groups is 1. The molecule has 158 valence electrons. The predicted molar refractivity (Wildman–Crippen MR) is 123 cm³/mol. The lowest BCUT2D eigenvalue weighted by Gasteiger charge is -2.04. The second-order valence-corrected chi connectivity index (χ2v) is 7.75. The van der Waals surface area contributed by atoms with E-state index in [1.165, 1.54) is 12.1 Å². The number of nitrogens with zero attached hydrogens (tertiary/aromatic N) is 3. The van der Waals surface area contributed by atoms with Crippen molar-refractivity contribution >= 4 is 40.1 Å². The highest BCUT2D eigenvalue weighted by Gasteiger charge is 2.16. The molecule has 32 heavy (non-hydrogen) atoms. The van der Waals surface area contributed by atoms with Gasteiger partial charge in [0.1, 0.15) is 5.75 Å². The van der Waals surface area contributed by atoms with Crippen LogP contribution in [0, 0.1) is 10.1 Å². The lowest BCUT2D eigenvalue weighted by Crippen LogP contribution is -1.95. The third-order valence-electron chi connectivity index (χ3n) is 4.68. The minimum absolute atomic E-state index is 0.0725. The summed E-state index contributed by atoms with van der Waals surface area (Å²) >= 11 is 1.11. The molecule has 0 unspecified atom stereocenters. The van der Waals surface area contributed by atoms with Crippen molar-refractivity contribution < 1.29 is 14.5 Å². The fourth-order valence-corrected chi connectivity index (χ4v) is 3.87. The summed E-state index contributed by atoms with van der Waals surface area (Å²) in [7, 11) is 1.61. The Balaban J connectivity index is 1.55. The summed E-state index contributed by atoms with van der Waals surface area (Å²) in [5.41, 5.74) is 1.01. The number of aromatic nitrogens is 2. The standard InChI is InChI=1S/C24H17N3O4S/c1-31-20-8-7-17-14-19(6-5-18(17)15-20)22(28)9-3-16-4-10-23(21(13-16)27(29)30)32-24-25-11-2-12-26-24/h2-15H,1H3/b9-3+. The second-order valence-electron chi connectivity index (χ2n) is 6.74. The lowest BCUT2D eigenvalue weighted by molar-refractivity contribution is -0.387. The van der Waals surface area contributed by atoms with E-state index in [0.717, 1.165) is 28.3 Å². The summed E-state index contributed by atoms with van der Waals surface area (Å²) in [6.45, 7) is 0. The number of nitro groups is 1. The van der Waals surface area contributed by atoms with Crippen molar-refractivity contribution in [3.63, 3.8) is 0 Å². The Hall–Kier alpha value is -4.04. The van der Waals surface area contributed by atoms with Crippen molar-refractivity contribution in [1.29, 1.82) is 0 Å². The van der Waals surface area contributed by atoms with Crippen LogP contribution in [0.1, 0.15) is 15.9 Å². The molecule has 0 aliphatic heterocycles. The van der Waals surface area contributed by atoms with E-state index in [2.05, 4.69) is 9.97 Å². The van der Waals surface area contributed by atoms with E-state index in [9.17, 15) is 14.9 Å². The molecule has 0 saturated carbocycles. The number of rotatable bonds is 7. The number of benzene rings is 3. The van der Waals surface area contributed by atoms with Crippen molar-refractivity contribution in [2.75, 3.05) is 7.11 Å². The number of allylic oxidation sites excluding steroid dienone is 1. The van der Waals surface area contributed by atoms with Crippen molar-refractivity contribution in [2.24, 2.45) is 0 Å². The van der Waals surface area contributed by atoms with Crippen molar-refractivity contribution in [3.8, 4) is 5.75 Å². The third kappa shape index (κ3) is 4.81. The molecule has 0 aliphatic carbocycles. The van der Waals surface area contributed by atoms with Crippen molar-refractivity contribution in [2.45, 2.75) is 10.1 Å². The highest BCUT2D eigenvalue weighted by Crippen LogP contribution is 2.33. The zero-order valence-corrected chi connectivity index (χ0v) is 17.8. The molecular weight excluding hydrogens is 426 g/mol. The molecule has 0 N–H and O–H groups in total. The number of carbonyl (C=O) groups excluding carboxylic acids is 1. The highest BCUT2D eigenvalue weighted by molar-refractivity contribution is 7.99. The Kier molecular flexibility index (Phi) is 6.23. The van der Waals surface area contributed by atoms with Gasteiger partial charge in [-0.25, -0.2) is 9.97 Å². The first-order valence-electron chi connectivity index (χ1n) is 9.57. The molecule has 4 aromatic rings. The SMILES string of the molecule is COc1ccc2cc(C(=O)/C=C/c3ccc(Sc4ncccn4)c([N+](=O)[O-])c3)ccc2c1. The molecule has 7 nitrogen and oxygen atoms in total. The van der Waals surface area contributed by atoms with Gasteiger partial charge >= 0.3 is 0 Å². The van der Waals surface area contributed by atoms with Crippen LogP contribution in [-0.2, 0) is 0 Å². The minimum Gasteiger partial charge on any atom is -0.497 e. The van der Waals surface area contributed by atoms with E-state index in [4.69, 9.17) is 4.74 Å². The number of hydrogen-bond acceptors (Lipinski definition) is 7. The van der Waals surface area contributed by atoms with Crippen molar-refractivity contribution in [3.05, 3.63) is 100 Å². The van der Waals surface area contributed by atoms with E-state index in [-0.39, 0.29) is 11.5 Å². The van der Waals surface area contributed by atoms with Gasteiger partial charge in [0.25, 0.3) is 5.69 Å². The molecule has 0 saturated heterocycles. The number of fused-ring (bicyclic) bond motifs is 1. The fourth-order valence-electron chi connectivity index (χ4n) is 3.08. The maximum atomic E-state index is 12.6. The fraction of sp³-hybridized carbons (Fsp3) is 0.0417. The molecule has 1 heterocycles. The van der Waals surface area contributed by atoms with Gasteiger partial charge in [0.05, 0.1) is 16.9 Å². The summed E-state index contributed by atoms with van der Waals surface area (Å²) in [5.74, 6) is 0.556. The Morgan fingerprint density at radius 2 is 1.78 bits per heavy atom. The van der Waals surface area contributed by atoms with Gasteiger partial charge in [-0.15, -0.1) is 0 Å². The monoisotopic (exact) mass is 443 g/mol. The molecule has 0 atom stereocenters.